The van der Waals surface area contributed by atoms with E-state index in [0.717, 1.165) is 50.7 Å². The first-order chi connectivity index (χ1) is 18.4. The number of carbonyl (C=O) groups is 2. The van der Waals surface area contributed by atoms with Gasteiger partial charge in [0.15, 0.2) is 17.7 Å². The number of carboxylic acid groups (broad SMARTS) is 2. The highest BCUT2D eigenvalue weighted by Gasteiger charge is 2.35. The summed E-state index contributed by atoms with van der Waals surface area (Å²) in [4.78, 5) is 27.9. The molecular formula is C29H31FN2O7. The Morgan fingerprint density at radius 2 is 1.92 bits per heavy atom. The van der Waals surface area contributed by atoms with Crippen LogP contribution in [0.3, 0.4) is 0 Å². The summed E-state index contributed by atoms with van der Waals surface area (Å²) in [5, 5.41) is 37.3. The number of nitrogens with zero attached hydrogens (tertiary/aromatic N) is 1. The average molecular weight is 539 g/mol. The van der Waals surface area contributed by atoms with Gasteiger partial charge in [0.05, 0.1) is 30.8 Å². The van der Waals surface area contributed by atoms with Crippen LogP contribution >= 0.6 is 0 Å². The van der Waals surface area contributed by atoms with E-state index in [1.165, 1.54) is 13.2 Å². The van der Waals surface area contributed by atoms with Crippen molar-refractivity contribution in [3.05, 3.63) is 70.8 Å². The molecule has 1 unspecified atom stereocenters. The predicted octanol–water partition coefficient (Wildman–Crippen LogP) is 4.37. The third kappa shape index (κ3) is 6.02. The maximum atomic E-state index is 14.3. The van der Waals surface area contributed by atoms with Gasteiger partial charge in [-0.1, -0.05) is 38.1 Å². The minimum atomic E-state index is -1.79. The van der Waals surface area contributed by atoms with Gasteiger partial charge in [-0.3, -0.25) is 9.78 Å². The number of carboxylic acids is 2. The molecule has 0 amide bonds. The Balaban J connectivity index is 0.000000340. The van der Waals surface area contributed by atoms with E-state index in [1.807, 2.05) is 24.3 Å². The van der Waals surface area contributed by atoms with Crippen LogP contribution in [0, 0.1) is 11.2 Å². The Hall–Kier alpha value is -4.02. The van der Waals surface area contributed by atoms with Crippen LogP contribution in [0.1, 0.15) is 55.3 Å². The number of methoxy groups -OCH3 is 1. The summed E-state index contributed by atoms with van der Waals surface area (Å²) in [5.74, 6) is -2.99. The summed E-state index contributed by atoms with van der Waals surface area (Å²) >= 11 is 0. The molecular weight excluding hydrogens is 507 g/mol. The van der Waals surface area contributed by atoms with Gasteiger partial charge < -0.3 is 30.1 Å². The van der Waals surface area contributed by atoms with E-state index in [4.69, 9.17) is 25.0 Å². The first-order valence-electron chi connectivity index (χ1n) is 12.5. The third-order valence-electron chi connectivity index (χ3n) is 6.81. The van der Waals surface area contributed by atoms with Crippen molar-refractivity contribution in [2.24, 2.45) is 5.41 Å². The summed E-state index contributed by atoms with van der Waals surface area (Å²) in [6.45, 7) is 4.33. The number of H-pyrrole nitrogens is 1. The maximum absolute atomic E-state index is 14.3. The topological polar surface area (TPSA) is 153 Å². The number of aliphatic hydroxyl groups is 2. The fraction of sp³-hybridized carbons (Fsp3) is 0.345. The van der Waals surface area contributed by atoms with E-state index >= 15 is 0 Å². The predicted molar refractivity (Wildman–Crippen MR) is 142 cm³/mol. The number of ether oxygens (including phenoxy) is 1. The fourth-order valence-corrected chi connectivity index (χ4v) is 5.10. The molecule has 2 atom stereocenters. The highest BCUT2D eigenvalue weighted by molar-refractivity contribution is 6.10. The van der Waals surface area contributed by atoms with Gasteiger partial charge >= 0.3 is 11.9 Å². The van der Waals surface area contributed by atoms with Crippen LogP contribution in [0.15, 0.2) is 42.5 Å². The van der Waals surface area contributed by atoms with Gasteiger partial charge in [0.2, 0.25) is 0 Å². The number of hydrogen-bond acceptors (Lipinski definition) is 6. The monoisotopic (exact) mass is 538 g/mol. The average Bonchev–Trinajstić information content (AvgIpc) is 3.23. The largest absolute Gasteiger partial charge is 0.494 e. The normalized spacial score (nSPS) is 16.7. The molecule has 1 aliphatic carbocycles. The lowest BCUT2D eigenvalue weighted by atomic mass is 9.74. The van der Waals surface area contributed by atoms with Gasteiger partial charge in [-0.05, 0) is 42.0 Å². The SMILES string of the molecule is COc1ccc(Cc2nc3c(c4c2[nH]c2ccccc24)[C@@H](O)CC(C)(C)C3)cc1F.O=C(O)CC(O)C(=O)O. The molecule has 4 aromatic rings. The number of pyridine rings is 1. The number of aromatic amines is 1. The second-order valence-corrected chi connectivity index (χ2v) is 10.5. The second kappa shape index (κ2) is 11.0. The molecule has 206 valence electrons. The minimum absolute atomic E-state index is 0.0251. The van der Waals surface area contributed by atoms with E-state index in [1.54, 1.807) is 6.07 Å². The number of aliphatic carboxylic acids is 2. The van der Waals surface area contributed by atoms with Crippen LogP contribution in [0.25, 0.3) is 21.8 Å². The summed E-state index contributed by atoms with van der Waals surface area (Å²) in [6, 6.07) is 13.2. The molecule has 2 heterocycles. The van der Waals surface area contributed by atoms with E-state index in [0.29, 0.717) is 12.8 Å². The molecule has 1 aliphatic rings. The maximum Gasteiger partial charge on any atom is 0.333 e. The second-order valence-electron chi connectivity index (χ2n) is 10.5. The van der Waals surface area contributed by atoms with Crippen molar-refractivity contribution >= 4 is 33.7 Å². The minimum Gasteiger partial charge on any atom is -0.494 e. The van der Waals surface area contributed by atoms with Crippen molar-refractivity contribution in [1.29, 1.82) is 0 Å². The molecule has 2 aromatic heterocycles. The summed E-state index contributed by atoms with van der Waals surface area (Å²) in [7, 11) is 1.46. The number of fused-ring (bicyclic) bond motifs is 5. The molecule has 5 N–H and O–H groups in total. The number of benzene rings is 2. The molecule has 5 rings (SSSR count). The Kier molecular flexibility index (Phi) is 7.89. The number of halogens is 1. The van der Waals surface area contributed by atoms with Crippen LogP contribution in [0.5, 0.6) is 5.75 Å². The lowest BCUT2D eigenvalue weighted by Gasteiger charge is -2.34. The Labute approximate surface area is 223 Å². The van der Waals surface area contributed by atoms with Crippen molar-refractivity contribution in [1.82, 2.24) is 9.97 Å². The van der Waals surface area contributed by atoms with Crippen LogP contribution < -0.4 is 4.74 Å². The quantitative estimate of drug-likeness (QED) is 0.243. The molecule has 10 heteroatoms. The standard InChI is InChI=1S/C25H25FN2O2.C4H6O5/c1-25(2)12-19-23(20(29)13-25)22-15-6-4-5-7-17(15)28-24(22)18(27-19)11-14-8-9-21(30-3)16(26)10-14;5-2(4(8)9)1-3(6)7/h4-10,20,28-29H,11-13H2,1-3H3;2,5H,1H2,(H,6,7)(H,8,9)/t20-;/m0./s1. The lowest BCUT2D eigenvalue weighted by Crippen LogP contribution is -2.27. The Morgan fingerprint density at radius 1 is 1.21 bits per heavy atom. The van der Waals surface area contributed by atoms with Crippen LogP contribution in [-0.2, 0) is 22.4 Å². The van der Waals surface area contributed by atoms with Crippen molar-refractivity contribution in [3.8, 4) is 5.75 Å². The van der Waals surface area contributed by atoms with Gasteiger partial charge in [0.25, 0.3) is 0 Å². The number of hydrogen-bond donors (Lipinski definition) is 5. The fourth-order valence-electron chi connectivity index (χ4n) is 5.10. The first-order valence-corrected chi connectivity index (χ1v) is 12.5. The zero-order valence-corrected chi connectivity index (χ0v) is 21.9. The number of nitrogens with one attached hydrogen (secondary N) is 1. The Bertz CT molecular complexity index is 1550. The van der Waals surface area contributed by atoms with Gasteiger partial charge in [0.1, 0.15) is 0 Å². The zero-order valence-electron chi connectivity index (χ0n) is 21.9. The highest BCUT2D eigenvalue weighted by atomic mass is 19.1. The van der Waals surface area contributed by atoms with Gasteiger partial charge in [-0.15, -0.1) is 0 Å². The third-order valence-corrected chi connectivity index (χ3v) is 6.81. The molecule has 0 saturated heterocycles. The van der Waals surface area contributed by atoms with Crippen molar-refractivity contribution in [3.63, 3.8) is 0 Å². The number of rotatable bonds is 6. The number of aliphatic hydroxyl groups excluding tert-OH is 2. The molecule has 0 spiro atoms. The summed E-state index contributed by atoms with van der Waals surface area (Å²) in [6.07, 6.45) is -1.09. The lowest BCUT2D eigenvalue weighted by molar-refractivity contribution is -0.152. The van der Waals surface area contributed by atoms with E-state index < -0.39 is 30.6 Å². The highest BCUT2D eigenvalue weighted by Crippen LogP contribution is 2.45. The first kappa shape index (κ1) is 28.0. The van der Waals surface area contributed by atoms with Crippen molar-refractivity contribution in [2.75, 3.05) is 7.11 Å². The Morgan fingerprint density at radius 3 is 2.54 bits per heavy atom. The van der Waals surface area contributed by atoms with E-state index in [2.05, 4.69) is 24.9 Å². The summed E-state index contributed by atoms with van der Waals surface area (Å²) < 4.78 is 19.3. The molecule has 39 heavy (non-hydrogen) atoms. The molecule has 0 radical (unpaired) electrons. The smallest absolute Gasteiger partial charge is 0.333 e. The van der Waals surface area contributed by atoms with Gasteiger partial charge in [-0.25, -0.2) is 9.18 Å². The molecule has 0 bridgehead atoms. The zero-order chi connectivity index (χ0) is 28.5. The van der Waals surface area contributed by atoms with Crippen molar-refractivity contribution in [2.45, 2.75) is 51.7 Å². The molecule has 2 aromatic carbocycles. The van der Waals surface area contributed by atoms with Crippen LogP contribution in [-0.4, -0.2) is 55.5 Å². The van der Waals surface area contributed by atoms with E-state index in [9.17, 15) is 19.1 Å². The molecule has 9 nitrogen and oxygen atoms in total. The van der Waals surface area contributed by atoms with Crippen LogP contribution in [0.2, 0.25) is 0 Å². The number of aromatic nitrogens is 2. The molecule has 0 aliphatic heterocycles. The van der Waals surface area contributed by atoms with Crippen LogP contribution in [0.4, 0.5) is 4.39 Å². The van der Waals surface area contributed by atoms with Gasteiger partial charge in [-0.2, -0.15) is 0 Å². The molecule has 0 saturated carbocycles. The summed E-state index contributed by atoms with van der Waals surface area (Å²) in [5.41, 5.74) is 5.49. The van der Waals surface area contributed by atoms with E-state index in [-0.39, 0.29) is 17.0 Å². The molecule has 0 fully saturated rings. The number of para-hydroxylation sites is 1. The van der Waals surface area contributed by atoms with Gasteiger partial charge in [0, 0.05) is 34.0 Å². The van der Waals surface area contributed by atoms with Crippen molar-refractivity contribution < 1.29 is 39.1 Å².